The molecule has 1 saturated carbocycles. The minimum atomic E-state index is -0.354. The van der Waals surface area contributed by atoms with Crippen molar-refractivity contribution >= 4 is 11.9 Å². The van der Waals surface area contributed by atoms with E-state index in [4.69, 9.17) is 0 Å². The fourth-order valence-electron chi connectivity index (χ4n) is 2.71. The summed E-state index contributed by atoms with van der Waals surface area (Å²) in [6, 6.07) is 0. The van der Waals surface area contributed by atoms with Crippen molar-refractivity contribution in [1.29, 1.82) is 0 Å². The van der Waals surface area contributed by atoms with Crippen molar-refractivity contribution in [2.24, 2.45) is 4.99 Å². The van der Waals surface area contributed by atoms with E-state index in [1.165, 1.54) is 19.3 Å². The molecule has 0 radical (unpaired) electrons. The van der Waals surface area contributed by atoms with E-state index in [1.54, 1.807) is 0 Å². The van der Waals surface area contributed by atoms with Gasteiger partial charge < -0.3 is 5.32 Å². The fourth-order valence-corrected chi connectivity index (χ4v) is 2.71. The van der Waals surface area contributed by atoms with Crippen LogP contribution in [0.25, 0.3) is 0 Å². The molecule has 0 aromatic heterocycles. The molecular weight excluding hydrogens is 214 g/mol. The van der Waals surface area contributed by atoms with E-state index in [1.807, 2.05) is 0 Å². The number of guanidine groups is 1. The second-order valence-corrected chi connectivity index (χ2v) is 5.16. The average molecular weight is 237 g/mol. The van der Waals surface area contributed by atoms with Crippen LogP contribution in [0.1, 0.15) is 58.3 Å². The Balaban J connectivity index is 2.05. The predicted octanol–water partition coefficient (Wildman–Crippen LogP) is 1.95. The van der Waals surface area contributed by atoms with Crippen molar-refractivity contribution in [3.8, 4) is 0 Å². The monoisotopic (exact) mass is 237 g/mol. The molecule has 4 nitrogen and oxygen atoms in total. The van der Waals surface area contributed by atoms with E-state index < -0.39 is 0 Å². The second-order valence-electron chi connectivity index (χ2n) is 5.16. The molecule has 1 amide bonds. The van der Waals surface area contributed by atoms with Crippen LogP contribution in [0.4, 0.5) is 0 Å². The zero-order chi connectivity index (χ0) is 12.1. The van der Waals surface area contributed by atoms with Gasteiger partial charge in [-0.15, -0.1) is 0 Å². The predicted molar refractivity (Wildman–Crippen MR) is 68.9 cm³/mol. The summed E-state index contributed by atoms with van der Waals surface area (Å²) in [5, 5.41) is 6.25. The van der Waals surface area contributed by atoms with Crippen molar-refractivity contribution in [2.45, 2.75) is 63.8 Å². The Kier molecular flexibility index (Phi) is 4.02. The van der Waals surface area contributed by atoms with E-state index in [9.17, 15) is 4.79 Å². The summed E-state index contributed by atoms with van der Waals surface area (Å²) in [4.78, 5) is 16.5. The molecule has 96 valence electrons. The van der Waals surface area contributed by atoms with Gasteiger partial charge >= 0.3 is 0 Å². The highest BCUT2D eigenvalue weighted by atomic mass is 16.2. The minimum absolute atomic E-state index is 0.134. The van der Waals surface area contributed by atoms with Crippen LogP contribution < -0.4 is 10.6 Å². The molecule has 0 atom stereocenters. The van der Waals surface area contributed by atoms with Gasteiger partial charge in [-0.05, 0) is 19.3 Å². The van der Waals surface area contributed by atoms with Gasteiger partial charge in [-0.2, -0.15) is 0 Å². The quantitative estimate of drug-likeness (QED) is 0.771. The molecule has 4 heteroatoms. The summed E-state index contributed by atoms with van der Waals surface area (Å²) < 4.78 is 0. The zero-order valence-corrected chi connectivity index (χ0v) is 10.7. The van der Waals surface area contributed by atoms with Gasteiger partial charge in [0.05, 0.1) is 0 Å². The zero-order valence-electron chi connectivity index (χ0n) is 10.7. The van der Waals surface area contributed by atoms with Crippen LogP contribution in [0, 0.1) is 0 Å². The number of rotatable bonds is 2. The Bertz CT molecular complexity index is 304. The lowest BCUT2D eigenvalue weighted by Gasteiger charge is -2.28. The molecule has 0 unspecified atom stereocenters. The van der Waals surface area contributed by atoms with Gasteiger partial charge in [-0.25, -0.2) is 0 Å². The van der Waals surface area contributed by atoms with Gasteiger partial charge in [-0.1, -0.05) is 39.0 Å². The van der Waals surface area contributed by atoms with Crippen LogP contribution >= 0.6 is 0 Å². The number of aliphatic imine (C=N–C) groups is 1. The van der Waals surface area contributed by atoms with Crippen molar-refractivity contribution in [2.75, 3.05) is 6.54 Å². The van der Waals surface area contributed by atoms with Gasteiger partial charge in [0.15, 0.2) is 5.96 Å². The highest BCUT2D eigenvalue weighted by Gasteiger charge is 2.44. The van der Waals surface area contributed by atoms with Crippen LogP contribution in [-0.2, 0) is 4.79 Å². The van der Waals surface area contributed by atoms with Crippen LogP contribution in [0.3, 0.4) is 0 Å². The maximum Gasteiger partial charge on any atom is 0.252 e. The Morgan fingerprint density at radius 3 is 2.47 bits per heavy atom. The van der Waals surface area contributed by atoms with Crippen LogP contribution in [0.5, 0.6) is 0 Å². The summed E-state index contributed by atoms with van der Waals surface area (Å²) in [6.07, 6.45) is 9.00. The first kappa shape index (κ1) is 12.4. The van der Waals surface area contributed by atoms with Gasteiger partial charge in [0, 0.05) is 6.54 Å². The first-order chi connectivity index (χ1) is 8.27. The normalized spacial score (nSPS) is 26.4. The van der Waals surface area contributed by atoms with Gasteiger partial charge in [-0.3, -0.25) is 15.1 Å². The number of carbonyl (C=O) groups is 1. The Morgan fingerprint density at radius 1 is 1.18 bits per heavy atom. The van der Waals surface area contributed by atoms with Crippen LogP contribution in [0.2, 0.25) is 0 Å². The minimum Gasteiger partial charge on any atom is -0.342 e. The molecule has 1 saturated heterocycles. The smallest absolute Gasteiger partial charge is 0.252 e. The Hall–Kier alpha value is -1.06. The number of carbonyl (C=O) groups excluding carboxylic acids is 1. The lowest BCUT2D eigenvalue weighted by atomic mass is 9.84. The Labute approximate surface area is 103 Å². The van der Waals surface area contributed by atoms with E-state index in [0.717, 1.165) is 38.6 Å². The van der Waals surface area contributed by atoms with Crippen LogP contribution in [0.15, 0.2) is 4.99 Å². The summed E-state index contributed by atoms with van der Waals surface area (Å²) in [5.74, 6) is 0.826. The molecule has 1 aliphatic heterocycles. The molecule has 0 aromatic rings. The average Bonchev–Trinajstić information content (AvgIpc) is 2.59. The van der Waals surface area contributed by atoms with E-state index in [0.29, 0.717) is 5.96 Å². The van der Waals surface area contributed by atoms with Gasteiger partial charge in [0.2, 0.25) is 0 Å². The lowest BCUT2D eigenvalue weighted by molar-refractivity contribution is -0.124. The molecule has 2 fully saturated rings. The second kappa shape index (κ2) is 5.52. The molecule has 1 spiro atoms. The molecule has 0 bridgehead atoms. The highest BCUT2D eigenvalue weighted by Crippen LogP contribution is 2.28. The topological polar surface area (TPSA) is 53.5 Å². The standard InChI is InChI=1S/C13H23N3O/c1-2-10-14-12-15-11(17)13(16-12)8-6-4-3-5-7-9-13/h2-10H2,1H3,(H2,14,15,16,17). The van der Waals surface area contributed by atoms with E-state index in [2.05, 4.69) is 22.5 Å². The first-order valence-corrected chi connectivity index (χ1v) is 6.91. The third-order valence-corrected chi connectivity index (χ3v) is 3.72. The van der Waals surface area contributed by atoms with Crippen LogP contribution in [-0.4, -0.2) is 24.0 Å². The third kappa shape index (κ3) is 2.79. The number of nitrogens with one attached hydrogen (secondary N) is 2. The first-order valence-electron chi connectivity index (χ1n) is 6.91. The number of hydrogen-bond acceptors (Lipinski definition) is 2. The molecule has 1 heterocycles. The molecule has 2 aliphatic rings. The van der Waals surface area contributed by atoms with E-state index >= 15 is 0 Å². The summed E-state index contributed by atoms with van der Waals surface area (Å²) in [7, 11) is 0. The van der Waals surface area contributed by atoms with E-state index in [-0.39, 0.29) is 11.4 Å². The lowest BCUT2D eigenvalue weighted by Crippen LogP contribution is -2.47. The van der Waals surface area contributed by atoms with Crippen molar-refractivity contribution in [1.82, 2.24) is 10.6 Å². The molecule has 2 rings (SSSR count). The highest BCUT2D eigenvalue weighted by molar-refractivity contribution is 6.09. The SMILES string of the molecule is CCCN=C1NC(=O)C2(CCCCCCC2)N1. The summed E-state index contributed by atoms with van der Waals surface area (Å²) in [5.41, 5.74) is -0.354. The number of amides is 1. The molecule has 1 aliphatic carbocycles. The number of nitrogens with zero attached hydrogens (tertiary/aromatic N) is 1. The summed E-state index contributed by atoms with van der Waals surface area (Å²) >= 11 is 0. The maximum atomic E-state index is 12.1. The van der Waals surface area contributed by atoms with Gasteiger partial charge in [0.1, 0.15) is 5.54 Å². The largest absolute Gasteiger partial charge is 0.342 e. The van der Waals surface area contributed by atoms with Gasteiger partial charge in [0.25, 0.3) is 5.91 Å². The third-order valence-electron chi connectivity index (χ3n) is 3.72. The van der Waals surface area contributed by atoms with Crippen molar-refractivity contribution in [3.05, 3.63) is 0 Å². The maximum absolute atomic E-state index is 12.1. The molecule has 0 aromatic carbocycles. The van der Waals surface area contributed by atoms with Crippen molar-refractivity contribution < 1.29 is 4.79 Å². The summed E-state index contributed by atoms with van der Waals surface area (Å²) in [6.45, 7) is 2.87. The molecule has 17 heavy (non-hydrogen) atoms. The molecular formula is C13H23N3O. The fraction of sp³-hybridized carbons (Fsp3) is 0.846. The number of hydrogen-bond donors (Lipinski definition) is 2. The Morgan fingerprint density at radius 2 is 1.82 bits per heavy atom. The van der Waals surface area contributed by atoms with Crippen molar-refractivity contribution in [3.63, 3.8) is 0 Å². The molecule has 2 N–H and O–H groups in total.